The van der Waals surface area contributed by atoms with Gasteiger partial charge in [0, 0.05) is 37.3 Å². The summed E-state index contributed by atoms with van der Waals surface area (Å²) in [7, 11) is 0. The number of hydrogen-bond donors (Lipinski definition) is 1. The summed E-state index contributed by atoms with van der Waals surface area (Å²) in [6.45, 7) is 3.72. The number of pyridine rings is 1. The highest BCUT2D eigenvalue weighted by atomic mass is 16.5. The predicted octanol–water partition coefficient (Wildman–Crippen LogP) is 0.540. The van der Waals surface area contributed by atoms with Crippen LogP contribution in [-0.2, 0) is 16.1 Å². The number of amides is 2. The van der Waals surface area contributed by atoms with Crippen LogP contribution in [0.25, 0.3) is 0 Å². The Morgan fingerprint density at radius 1 is 1.30 bits per heavy atom. The van der Waals surface area contributed by atoms with Crippen LogP contribution in [-0.4, -0.2) is 47.7 Å². The number of carbonyl (C=O) groups is 2. The first kappa shape index (κ1) is 15.6. The number of fused-ring (bicyclic) bond motifs is 4. The lowest BCUT2D eigenvalue weighted by atomic mass is 9.83. The maximum atomic E-state index is 12.3. The SMILES string of the molecule is CCOC(=O)CNC(=O)N1C[C@@H]2C[C@H](C1)c1cccc(=O)n1C2. The van der Waals surface area contributed by atoms with Crippen molar-refractivity contribution in [3.05, 3.63) is 34.2 Å². The van der Waals surface area contributed by atoms with E-state index >= 15 is 0 Å². The highest BCUT2D eigenvalue weighted by Crippen LogP contribution is 2.34. The second kappa shape index (κ2) is 6.44. The van der Waals surface area contributed by atoms with Crippen molar-refractivity contribution in [3.8, 4) is 0 Å². The zero-order valence-corrected chi connectivity index (χ0v) is 13.2. The van der Waals surface area contributed by atoms with E-state index in [0.29, 0.717) is 26.2 Å². The van der Waals surface area contributed by atoms with Gasteiger partial charge < -0.3 is 19.5 Å². The Kier molecular flexibility index (Phi) is 4.36. The topological polar surface area (TPSA) is 80.6 Å². The van der Waals surface area contributed by atoms with Gasteiger partial charge in [0.1, 0.15) is 6.54 Å². The van der Waals surface area contributed by atoms with E-state index in [4.69, 9.17) is 4.74 Å². The molecule has 2 atom stereocenters. The summed E-state index contributed by atoms with van der Waals surface area (Å²) in [5, 5.41) is 2.61. The molecular weight excluding hydrogens is 298 g/mol. The highest BCUT2D eigenvalue weighted by Gasteiger charge is 2.36. The second-order valence-corrected chi connectivity index (χ2v) is 6.07. The van der Waals surface area contributed by atoms with Gasteiger partial charge in [0.05, 0.1) is 6.61 Å². The largest absolute Gasteiger partial charge is 0.465 e. The molecule has 0 spiro atoms. The van der Waals surface area contributed by atoms with E-state index in [0.717, 1.165) is 12.1 Å². The van der Waals surface area contributed by atoms with Crippen LogP contribution in [0.4, 0.5) is 4.79 Å². The number of esters is 1. The molecule has 0 aliphatic carbocycles. The molecule has 0 aromatic carbocycles. The van der Waals surface area contributed by atoms with E-state index in [1.807, 2.05) is 10.6 Å². The van der Waals surface area contributed by atoms with Crippen LogP contribution in [0.2, 0.25) is 0 Å². The molecule has 0 saturated carbocycles. The first-order valence-corrected chi connectivity index (χ1v) is 7.96. The monoisotopic (exact) mass is 319 g/mol. The number of aromatic nitrogens is 1. The standard InChI is InChI=1S/C16H21N3O4/c1-2-23-15(21)7-17-16(22)18-8-11-6-12(10-18)13-4-3-5-14(20)19(13)9-11/h3-5,11-12H,2,6-10H2,1H3,(H,17,22)/t11-,12+/m0/s1. The summed E-state index contributed by atoms with van der Waals surface area (Å²) in [6, 6.07) is 5.06. The number of urea groups is 1. The fraction of sp³-hybridized carbons (Fsp3) is 0.562. The Labute approximate surface area is 134 Å². The third kappa shape index (κ3) is 3.23. The molecule has 0 unspecified atom stereocenters. The number of carbonyl (C=O) groups excluding carboxylic acids is 2. The fourth-order valence-electron chi connectivity index (χ4n) is 3.53. The Hall–Kier alpha value is -2.31. The molecule has 2 aliphatic rings. The van der Waals surface area contributed by atoms with Gasteiger partial charge in [-0.1, -0.05) is 6.07 Å². The first-order valence-electron chi connectivity index (χ1n) is 7.96. The second-order valence-electron chi connectivity index (χ2n) is 6.07. The lowest BCUT2D eigenvalue weighted by molar-refractivity contribution is -0.141. The van der Waals surface area contributed by atoms with E-state index in [1.165, 1.54) is 0 Å². The first-order chi connectivity index (χ1) is 11.1. The third-order valence-corrected chi connectivity index (χ3v) is 4.46. The molecule has 1 saturated heterocycles. The van der Waals surface area contributed by atoms with Crippen LogP contribution < -0.4 is 10.9 Å². The molecule has 3 heterocycles. The van der Waals surface area contributed by atoms with Crippen molar-refractivity contribution in [2.75, 3.05) is 26.2 Å². The minimum Gasteiger partial charge on any atom is -0.465 e. The summed E-state index contributed by atoms with van der Waals surface area (Å²) in [5.41, 5.74) is 1.02. The molecule has 1 N–H and O–H groups in total. The molecule has 1 fully saturated rings. The summed E-state index contributed by atoms with van der Waals surface area (Å²) >= 11 is 0. The number of nitrogens with zero attached hydrogens (tertiary/aromatic N) is 2. The van der Waals surface area contributed by atoms with Gasteiger partial charge in [0.25, 0.3) is 5.56 Å². The highest BCUT2D eigenvalue weighted by molar-refractivity contribution is 5.81. The van der Waals surface area contributed by atoms with E-state index in [9.17, 15) is 14.4 Å². The third-order valence-electron chi connectivity index (χ3n) is 4.46. The molecule has 124 valence electrons. The van der Waals surface area contributed by atoms with Crippen LogP contribution in [0.5, 0.6) is 0 Å². The van der Waals surface area contributed by atoms with Crippen LogP contribution >= 0.6 is 0 Å². The van der Waals surface area contributed by atoms with E-state index < -0.39 is 5.97 Å². The van der Waals surface area contributed by atoms with Gasteiger partial charge in [-0.3, -0.25) is 9.59 Å². The Morgan fingerprint density at radius 2 is 2.13 bits per heavy atom. The van der Waals surface area contributed by atoms with Gasteiger partial charge in [-0.25, -0.2) is 4.79 Å². The number of rotatable bonds is 3. The molecular formula is C16H21N3O4. The Balaban J connectivity index is 1.66. The lowest BCUT2D eigenvalue weighted by Gasteiger charge is -2.42. The molecule has 3 rings (SSSR count). The van der Waals surface area contributed by atoms with Gasteiger partial charge in [-0.05, 0) is 25.3 Å². The minimum atomic E-state index is -0.435. The van der Waals surface area contributed by atoms with Crippen molar-refractivity contribution in [1.29, 1.82) is 0 Å². The fourth-order valence-corrected chi connectivity index (χ4v) is 3.53. The van der Waals surface area contributed by atoms with Gasteiger partial charge >= 0.3 is 12.0 Å². The number of nitrogens with one attached hydrogen (secondary N) is 1. The van der Waals surface area contributed by atoms with Crippen molar-refractivity contribution >= 4 is 12.0 Å². The molecule has 7 nitrogen and oxygen atoms in total. The maximum absolute atomic E-state index is 12.3. The summed E-state index contributed by atoms with van der Waals surface area (Å²) < 4.78 is 6.63. The van der Waals surface area contributed by atoms with E-state index in [1.54, 1.807) is 24.0 Å². The van der Waals surface area contributed by atoms with Crippen molar-refractivity contribution in [2.45, 2.75) is 25.8 Å². The molecule has 7 heteroatoms. The van der Waals surface area contributed by atoms with Crippen molar-refractivity contribution in [2.24, 2.45) is 5.92 Å². The van der Waals surface area contributed by atoms with Gasteiger partial charge in [0.15, 0.2) is 0 Å². The lowest BCUT2D eigenvalue weighted by Crippen LogP contribution is -2.52. The van der Waals surface area contributed by atoms with Crippen LogP contribution in [0.3, 0.4) is 0 Å². The molecule has 0 radical (unpaired) electrons. The minimum absolute atomic E-state index is 0.0254. The zero-order chi connectivity index (χ0) is 16.4. The number of hydrogen-bond acceptors (Lipinski definition) is 4. The predicted molar refractivity (Wildman–Crippen MR) is 83.2 cm³/mol. The summed E-state index contributed by atoms with van der Waals surface area (Å²) in [4.78, 5) is 37.3. The number of ether oxygens (including phenoxy) is 1. The maximum Gasteiger partial charge on any atom is 0.325 e. The van der Waals surface area contributed by atoms with Crippen molar-refractivity contribution in [1.82, 2.24) is 14.8 Å². The summed E-state index contributed by atoms with van der Waals surface area (Å²) in [6.07, 6.45) is 0.991. The van der Waals surface area contributed by atoms with Gasteiger partial charge in [0.2, 0.25) is 0 Å². The molecule has 2 bridgehead atoms. The molecule has 2 aliphatic heterocycles. The molecule has 1 aromatic heterocycles. The quantitative estimate of drug-likeness (QED) is 0.825. The zero-order valence-electron chi connectivity index (χ0n) is 13.2. The van der Waals surface area contributed by atoms with E-state index in [-0.39, 0.29) is 30.0 Å². The Morgan fingerprint density at radius 3 is 2.91 bits per heavy atom. The molecule has 2 amide bonds. The molecule has 23 heavy (non-hydrogen) atoms. The summed E-state index contributed by atoms with van der Waals surface area (Å²) in [5.74, 6) is 0.00869. The number of likely N-dealkylation sites (tertiary alicyclic amines) is 1. The van der Waals surface area contributed by atoms with Crippen molar-refractivity contribution < 1.29 is 14.3 Å². The number of piperidine rings is 1. The van der Waals surface area contributed by atoms with Gasteiger partial charge in [-0.2, -0.15) is 0 Å². The Bertz CT molecular complexity index is 670. The van der Waals surface area contributed by atoms with Crippen LogP contribution in [0, 0.1) is 5.92 Å². The van der Waals surface area contributed by atoms with Crippen LogP contribution in [0.1, 0.15) is 25.0 Å². The molecule has 1 aromatic rings. The average molecular weight is 319 g/mol. The van der Waals surface area contributed by atoms with Crippen LogP contribution in [0.15, 0.2) is 23.0 Å². The van der Waals surface area contributed by atoms with E-state index in [2.05, 4.69) is 5.32 Å². The average Bonchev–Trinajstić information content (AvgIpc) is 2.54. The van der Waals surface area contributed by atoms with Gasteiger partial charge in [-0.15, -0.1) is 0 Å². The smallest absolute Gasteiger partial charge is 0.325 e. The normalized spacial score (nSPS) is 22.2. The van der Waals surface area contributed by atoms with Crippen molar-refractivity contribution in [3.63, 3.8) is 0 Å².